The Balaban J connectivity index is 1.35. The van der Waals surface area contributed by atoms with Crippen molar-refractivity contribution in [3.8, 4) is 0 Å². The maximum Gasteiger partial charge on any atom is 0.341 e. The molecule has 2 N–H and O–H groups in total. The number of aryl methyl sites for hydroxylation is 1. The van der Waals surface area contributed by atoms with Crippen LogP contribution < -0.4 is 15.8 Å². The molecule has 2 aliphatic carbocycles. The molecule has 2 aromatic heterocycles. The number of halogens is 1. The van der Waals surface area contributed by atoms with Crippen LogP contribution in [-0.4, -0.2) is 65.2 Å². The Labute approximate surface area is 204 Å². The first-order valence-electron chi connectivity index (χ1n) is 13.1. The Kier molecular flexibility index (Phi) is 5.45. The second-order valence-electron chi connectivity index (χ2n) is 11.2. The number of rotatable bonds is 6. The molecule has 188 valence electrons. The van der Waals surface area contributed by atoms with Gasteiger partial charge in [0.15, 0.2) is 5.82 Å². The SMILES string of the molecule is Cc1c(N2CCC(C3(N(C)C4CCNCC4)CC3)C2)c(F)cn2c(=O)c(C(=O)O)cc(C3CC3)c12. The number of carboxylic acid groups (broad SMARTS) is 1. The number of carbonyl (C=O) groups is 1. The van der Waals surface area contributed by atoms with E-state index in [1.807, 2.05) is 6.92 Å². The quantitative estimate of drug-likeness (QED) is 0.658. The van der Waals surface area contributed by atoms with Crippen LogP contribution in [0.1, 0.15) is 72.3 Å². The van der Waals surface area contributed by atoms with E-state index in [4.69, 9.17) is 0 Å². The molecule has 1 atom stereocenters. The molecular formula is C27H35FN4O3. The second kappa shape index (κ2) is 8.30. The molecule has 2 saturated carbocycles. The molecule has 4 heterocycles. The zero-order valence-corrected chi connectivity index (χ0v) is 20.6. The van der Waals surface area contributed by atoms with Crippen LogP contribution in [0, 0.1) is 18.7 Å². The molecule has 1 unspecified atom stereocenters. The van der Waals surface area contributed by atoms with E-state index in [-0.39, 0.29) is 17.0 Å². The first-order chi connectivity index (χ1) is 16.8. The Morgan fingerprint density at radius 2 is 1.91 bits per heavy atom. The van der Waals surface area contributed by atoms with Crippen LogP contribution in [-0.2, 0) is 0 Å². The van der Waals surface area contributed by atoms with Crippen molar-refractivity contribution in [2.75, 3.05) is 38.1 Å². The molecule has 0 bridgehead atoms. The van der Waals surface area contributed by atoms with Crippen LogP contribution in [0.5, 0.6) is 0 Å². The predicted octanol–water partition coefficient (Wildman–Crippen LogP) is 3.37. The number of pyridine rings is 2. The van der Waals surface area contributed by atoms with Crippen molar-refractivity contribution in [2.45, 2.75) is 69.4 Å². The average Bonchev–Trinajstić information content (AvgIpc) is 3.78. The molecule has 0 spiro atoms. The third kappa shape index (κ3) is 3.68. The minimum absolute atomic E-state index is 0.227. The third-order valence-electron chi connectivity index (χ3n) is 9.28. The third-order valence-corrected chi connectivity index (χ3v) is 9.28. The fourth-order valence-corrected chi connectivity index (χ4v) is 7.03. The molecule has 2 aliphatic heterocycles. The Hall–Kier alpha value is -2.45. The van der Waals surface area contributed by atoms with Gasteiger partial charge in [0.1, 0.15) is 5.56 Å². The monoisotopic (exact) mass is 482 g/mol. The van der Waals surface area contributed by atoms with Crippen LogP contribution in [0.4, 0.5) is 10.1 Å². The van der Waals surface area contributed by atoms with Gasteiger partial charge in [0.25, 0.3) is 5.56 Å². The molecular weight excluding hydrogens is 447 g/mol. The minimum Gasteiger partial charge on any atom is -0.477 e. The Bertz CT molecular complexity index is 1240. The summed E-state index contributed by atoms with van der Waals surface area (Å²) >= 11 is 0. The van der Waals surface area contributed by atoms with Crippen molar-refractivity contribution in [3.05, 3.63) is 45.1 Å². The number of nitrogens with zero attached hydrogens (tertiary/aromatic N) is 3. The number of carboxylic acids is 1. The average molecular weight is 483 g/mol. The summed E-state index contributed by atoms with van der Waals surface area (Å²) in [6.07, 6.45) is 9.00. The molecule has 2 aromatic rings. The van der Waals surface area contributed by atoms with Gasteiger partial charge in [-0.05, 0) is 101 Å². The number of aromatic nitrogens is 1. The second-order valence-corrected chi connectivity index (χ2v) is 11.2. The molecule has 4 fully saturated rings. The topological polar surface area (TPSA) is 77.3 Å². The van der Waals surface area contributed by atoms with Gasteiger partial charge in [-0.1, -0.05) is 0 Å². The van der Waals surface area contributed by atoms with E-state index in [0.29, 0.717) is 23.2 Å². The zero-order chi connectivity index (χ0) is 24.5. The maximum absolute atomic E-state index is 15.6. The van der Waals surface area contributed by atoms with E-state index in [1.54, 1.807) is 0 Å². The standard InChI is InChI=1S/C27H35FN4O3/c1-16-23-20(17-3-4-17)13-21(26(34)35)25(33)32(23)15-22(28)24(16)31-12-7-18(14-31)27(8-9-27)30(2)19-5-10-29-11-6-19/h13,15,17-19,29H,3-12,14H2,1-2H3,(H,34,35). The fourth-order valence-electron chi connectivity index (χ4n) is 7.03. The highest BCUT2D eigenvalue weighted by Gasteiger charge is 2.55. The lowest BCUT2D eigenvalue weighted by Crippen LogP contribution is -2.50. The van der Waals surface area contributed by atoms with Crippen molar-refractivity contribution < 1.29 is 14.3 Å². The first kappa shape index (κ1) is 23.0. The summed E-state index contributed by atoms with van der Waals surface area (Å²) in [6, 6.07) is 2.15. The van der Waals surface area contributed by atoms with Crippen molar-refractivity contribution >= 4 is 17.2 Å². The number of hydrogen-bond donors (Lipinski definition) is 2. The first-order valence-corrected chi connectivity index (χ1v) is 13.1. The van der Waals surface area contributed by atoms with Gasteiger partial charge in [-0.25, -0.2) is 9.18 Å². The van der Waals surface area contributed by atoms with E-state index in [9.17, 15) is 14.7 Å². The normalized spacial score (nSPS) is 24.5. The van der Waals surface area contributed by atoms with Gasteiger partial charge in [0.05, 0.1) is 17.4 Å². The largest absolute Gasteiger partial charge is 0.477 e. The smallest absolute Gasteiger partial charge is 0.341 e. The van der Waals surface area contributed by atoms with Crippen LogP contribution in [0.25, 0.3) is 5.52 Å². The van der Waals surface area contributed by atoms with Crippen molar-refractivity contribution in [1.82, 2.24) is 14.6 Å². The highest BCUT2D eigenvalue weighted by atomic mass is 19.1. The lowest BCUT2D eigenvalue weighted by molar-refractivity contribution is 0.0694. The van der Waals surface area contributed by atoms with Crippen LogP contribution in [0.2, 0.25) is 0 Å². The van der Waals surface area contributed by atoms with Crippen LogP contribution in [0.3, 0.4) is 0 Å². The summed E-state index contributed by atoms with van der Waals surface area (Å²) in [5.74, 6) is -0.973. The summed E-state index contributed by atoms with van der Waals surface area (Å²) in [5, 5.41) is 13.0. The lowest BCUT2D eigenvalue weighted by Gasteiger charge is -2.41. The summed E-state index contributed by atoms with van der Waals surface area (Å²) < 4.78 is 16.9. The van der Waals surface area contributed by atoms with Crippen molar-refractivity contribution in [2.24, 2.45) is 5.92 Å². The van der Waals surface area contributed by atoms with Crippen LogP contribution in [0.15, 0.2) is 17.1 Å². The van der Waals surface area contributed by atoms with E-state index in [2.05, 4.69) is 22.2 Å². The molecule has 6 rings (SSSR count). The number of hydrogen-bond acceptors (Lipinski definition) is 5. The minimum atomic E-state index is -1.26. The molecule has 0 radical (unpaired) electrons. The fraction of sp³-hybridized carbons (Fsp3) is 0.630. The summed E-state index contributed by atoms with van der Waals surface area (Å²) in [6.45, 7) is 5.67. The molecule has 4 aliphatic rings. The predicted molar refractivity (Wildman–Crippen MR) is 133 cm³/mol. The van der Waals surface area contributed by atoms with Gasteiger partial charge >= 0.3 is 5.97 Å². The molecule has 0 aromatic carbocycles. The van der Waals surface area contributed by atoms with Gasteiger partial charge in [-0.2, -0.15) is 0 Å². The molecule has 2 saturated heterocycles. The summed E-state index contributed by atoms with van der Waals surface area (Å²) in [7, 11) is 2.29. The maximum atomic E-state index is 15.6. The molecule has 0 amide bonds. The Morgan fingerprint density at radius 3 is 2.54 bits per heavy atom. The molecule has 35 heavy (non-hydrogen) atoms. The van der Waals surface area contributed by atoms with Gasteiger partial charge in [-0.3, -0.25) is 14.1 Å². The zero-order valence-electron chi connectivity index (χ0n) is 20.6. The van der Waals surface area contributed by atoms with Crippen molar-refractivity contribution in [3.63, 3.8) is 0 Å². The lowest BCUT2D eigenvalue weighted by atomic mass is 9.91. The van der Waals surface area contributed by atoms with Gasteiger partial charge in [0.2, 0.25) is 0 Å². The number of nitrogens with one attached hydrogen (secondary N) is 1. The van der Waals surface area contributed by atoms with E-state index >= 15 is 4.39 Å². The summed E-state index contributed by atoms with van der Waals surface area (Å²) in [5.41, 5.74) is 2.16. The van der Waals surface area contributed by atoms with E-state index in [0.717, 1.165) is 56.6 Å². The number of fused-ring (bicyclic) bond motifs is 1. The number of anilines is 1. The highest BCUT2D eigenvalue weighted by Crippen LogP contribution is 2.52. The summed E-state index contributed by atoms with van der Waals surface area (Å²) in [4.78, 5) is 29.4. The van der Waals surface area contributed by atoms with Crippen LogP contribution >= 0.6 is 0 Å². The molecule has 7 nitrogen and oxygen atoms in total. The van der Waals surface area contributed by atoms with Gasteiger partial charge in [0, 0.05) is 24.7 Å². The highest BCUT2D eigenvalue weighted by molar-refractivity contribution is 5.89. The van der Waals surface area contributed by atoms with Gasteiger partial charge < -0.3 is 15.3 Å². The number of piperidine rings is 1. The Morgan fingerprint density at radius 1 is 1.20 bits per heavy atom. The molecule has 8 heteroatoms. The van der Waals surface area contributed by atoms with E-state index in [1.165, 1.54) is 42.3 Å². The van der Waals surface area contributed by atoms with E-state index < -0.39 is 17.3 Å². The van der Waals surface area contributed by atoms with Gasteiger partial charge in [-0.15, -0.1) is 0 Å². The number of aromatic carboxylic acids is 1. The van der Waals surface area contributed by atoms with Crippen molar-refractivity contribution in [1.29, 1.82) is 0 Å².